The molecule has 1 aromatic rings. The number of halogens is 3. The van der Waals surface area contributed by atoms with Gasteiger partial charge in [-0.25, -0.2) is 0 Å². The van der Waals surface area contributed by atoms with Crippen molar-refractivity contribution in [3.05, 3.63) is 20.3 Å². The van der Waals surface area contributed by atoms with Gasteiger partial charge in [-0.1, -0.05) is 6.42 Å². The molecule has 116 valence electrons. The fourth-order valence-corrected chi connectivity index (χ4v) is 4.86. The van der Waals surface area contributed by atoms with Crippen molar-refractivity contribution in [2.45, 2.75) is 32.2 Å². The Morgan fingerprint density at radius 1 is 1.30 bits per heavy atom. The molecule has 0 unspecified atom stereocenters. The maximum absolute atomic E-state index is 3.69. The predicted molar refractivity (Wildman–Crippen MR) is 95.8 cm³/mol. The lowest BCUT2D eigenvalue weighted by Gasteiger charge is -2.42. The zero-order valence-corrected chi connectivity index (χ0v) is 15.8. The molecule has 20 heavy (non-hydrogen) atoms. The molecule has 6 heteroatoms. The van der Waals surface area contributed by atoms with E-state index in [0.29, 0.717) is 6.04 Å². The number of nitrogens with zero attached hydrogens (tertiary/aromatic N) is 1. The third kappa shape index (κ3) is 3.90. The standard InChI is InChI=1S/C14H21BrN2S.2ClH/c1-10-9-12(18-14(10)15)13(11-3-2-4-11)17-7-5-16-6-8-17;;/h9,11,13,16H,2-8H2,1H3;2*1H/t13-;;/m1../s1. The smallest absolute Gasteiger partial charge is 0.0731 e. The van der Waals surface area contributed by atoms with E-state index in [4.69, 9.17) is 0 Å². The van der Waals surface area contributed by atoms with Gasteiger partial charge in [0.05, 0.1) is 3.79 Å². The lowest BCUT2D eigenvalue weighted by Crippen LogP contribution is -2.47. The van der Waals surface area contributed by atoms with Gasteiger partial charge in [-0.3, -0.25) is 4.90 Å². The van der Waals surface area contributed by atoms with E-state index in [-0.39, 0.29) is 24.8 Å². The number of nitrogens with one attached hydrogen (secondary N) is 1. The van der Waals surface area contributed by atoms with Crippen LogP contribution < -0.4 is 5.32 Å². The number of rotatable bonds is 3. The van der Waals surface area contributed by atoms with Gasteiger partial charge in [-0.05, 0) is 53.2 Å². The Morgan fingerprint density at radius 3 is 2.40 bits per heavy atom. The third-order valence-corrected chi connectivity index (χ3v) is 6.52. The van der Waals surface area contributed by atoms with Crippen molar-refractivity contribution in [2.75, 3.05) is 26.2 Å². The number of aryl methyl sites for hydroxylation is 1. The zero-order chi connectivity index (χ0) is 12.5. The summed E-state index contributed by atoms with van der Waals surface area (Å²) in [6.45, 7) is 6.91. The first-order valence-corrected chi connectivity index (χ1v) is 8.57. The van der Waals surface area contributed by atoms with Crippen LogP contribution >= 0.6 is 52.1 Å². The Labute approximate surface area is 146 Å². The number of piperazine rings is 1. The predicted octanol–water partition coefficient (Wildman–Crippen LogP) is 4.41. The molecule has 1 atom stereocenters. The molecule has 2 heterocycles. The molecule has 1 N–H and O–H groups in total. The molecule has 1 aromatic heterocycles. The molecule has 0 aromatic carbocycles. The summed E-state index contributed by atoms with van der Waals surface area (Å²) >= 11 is 5.63. The lowest BCUT2D eigenvalue weighted by atomic mass is 9.78. The minimum absolute atomic E-state index is 0. The molecular weight excluding hydrogens is 379 g/mol. The number of hydrogen-bond donors (Lipinski definition) is 1. The molecule has 1 saturated heterocycles. The van der Waals surface area contributed by atoms with Crippen LogP contribution in [-0.4, -0.2) is 31.1 Å². The van der Waals surface area contributed by atoms with E-state index in [1.807, 2.05) is 11.3 Å². The van der Waals surface area contributed by atoms with Gasteiger partial charge < -0.3 is 5.32 Å². The summed E-state index contributed by atoms with van der Waals surface area (Å²) in [4.78, 5) is 4.28. The van der Waals surface area contributed by atoms with Crippen LogP contribution in [0.1, 0.15) is 35.7 Å². The van der Waals surface area contributed by atoms with Gasteiger partial charge in [-0.15, -0.1) is 36.2 Å². The number of thiophene rings is 1. The van der Waals surface area contributed by atoms with E-state index in [1.165, 1.54) is 41.7 Å². The first-order valence-electron chi connectivity index (χ1n) is 6.96. The van der Waals surface area contributed by atoms with Crippen molar-refractivity contribution in [1.29, 1.82) is 0 Å². The van der Waals surface area contributed by atoms with Gasteiger partial charge in [0.25, 0.3) is 0 Å². The molecule has 1 aliphatic heterocycles. The molecule has 2 aliphatic rings. The minimum Gasteiger partial charge on any atom is -0.314 e. The van der Waals surface area contributed by atoms with Crippen LogP contribution in [0.5, 0.6) is 0 Å². The second-order valence-corrected chi connectivity index (χ2v) is 7.93. The van der Waals surface area contributed by atoms with Crippen LogP contribution in [-0.2, 0) is 0 Å². The Balaban J connectivity index is 0.000001000. The first kappa shape index (κ1) is 18.7. The minimum atomic E-state index is 0. The third-order valence-electron chi connectivity index (χ3n) is 4.31. The Bertz CT molecular complexity index is 398. The summed E-state index contributed by atoms with van der Waals surface area (Å²) in [5.74, 6) is 0.896. The molecule has 2 nitrogen and oxygen atoms in total. The van der Waals surface area contributed by atoms with E-state index in [9.17, 15) is 0 Å². The normalized spacial score (nSPS) is 21.5. The van der Waals surface area contributed by atoms with Gasteiger partial charge in [0, 0.05) is 37.1 Å². The Morgan fingerprint density at radius 2 is 1.95 bits per heavy atom. The average molecular weight is 402 g/mol. The van der Waals surface area contributed by atoms with Crippen LogP contribution in [0.25, 0.3) is 0 Å². The summed E-state index contributed by atoms with van der Waals surface area (Å²) in [5.41, 5.74) is 1.40. The Hall–Kier alpha value is 0.680. The molecule has 0 amide bonds. The first-order chi connectivity index (χ1) is 8.75. The van der Waals surface area contributed by atoms with Gasteiger partial charge in [-0.2, -0.15) is 0 Å². The number of hydrogen-bond acceptors (Lipinski definition) is 3. The van der Waals surface area contributed by atoms with E-state index < -0.39 is 0 Å². The molecule has 1 saturated carbocycles. The van der Waals surface area contributed by atoms with Crippen LogP contribution in [0.15, 0.2) is 9.85 Å². The van der Waals surface area contributed by atoms with Gasteiger partial charge in [0.2, 0.25) is 0 Å². The fourth-order valence-electron chi connectivity index (χ4n) is 3.06. The molecule has 0 bridgehead atoms. The highest BCUT2D eigenvalue weighted by molar-refractivity contribution is 9.11. The fraction of sp³-hybridized carbons (Fsp3) is 0.714. The Kier molecular flexibility index (Phi) is 7.82. The second-order valence-electron chi connectivity index (χ2n) is 5.53. The molecular formula is C14H23BrCl2N2S. The monoisotopic (exact) mass is 400 g/mol. The van der Waals surface area contributed by atoms with Crippen molar-refractivity contribution >= 4 is 52.1 Å². The van der Waals surface area contributed by atoms with Crippen molar-refractivity contribution < 1.29 is 0 Å². The van der Waals surface area contributed by atoms with Crippen LogP contribution in [0, 0.1) is 12.8 Å². The summed E-state index contributed by atoms with van der Waals surface area (Å²) in [6, 6.07) is 3.08. The zero-order valence-electron chi connectivity index (χ0n) is 11.7. The topological polar surface area (TPSA) is 15.3 Å². The van der Waals surface area contributed by atoms with Crippen molar-refractivity contribution in [2.24, 2.45) is 5.92 Å². The van der Waals surface area contributed by atoms with Crippen molar-refractivity contribution in [3.8, 4) is 0 Å². The maximum Gasteiger partial charge on any atom is 0.0731 e. The van der Waals surface area contributed by atoms with E-state index >= 15 is 0 Å². The largest absolute Gasteiger partial charge is 0.314 e. The SMILES string of the molecule is Cc1cc([C@@H](C2CCC2)N2CCNCC2)sc1Br.Cl.Cl. The highest BCUT2D eigenvalue weighted by Gasteiger charge is 2.34. The second kappa shape index (κ2) is 8.35. The quantitative estimate of drug-likeness (QED) is 0.806. The summed E-state index contributed by atoms with van der Waals surface area (Å²) in [5, 5.41) is 3.47. The van der Waals surface area contributed by atoms with Crippen LogP contribution in [0.4, 0.5) is 0 Å². The summed E-state index contributed by atoms with van der Waals surface area (Å²) in [6.07, 6.45) is 4.27. The van der Waals surface area contributed by atoms with Crippen molar-refractivity contribution in [1.82, 2.24) is 10.2 Å². The van der Waals surface area contributed by atoms with E-state index in [0.717, 1.165) is 19.0 Å². The average Bonchev–Trinajstić information content (AvgIpc) is 2.65. The maximum atomic E-state index is 3.69. The lowest BCUT2D eigenvalue weighted by molar-refractivity contribution is 0.0860. The summed E-state index contributed by atoms with van der Waals surface area (Å²) in [7, 11) is 0. The highest BCUT2D eigenvalue weighted by atomic mass is 79.9. The molecule has 3 rings (SSSR count). The van der Waals surface area contributed by atoms with Crippen LogP contribution in [0.3, 0.4) is 0 Å². The van der Waals surface area contributed by atoms with Crippen molar-refractivity contribution in [3.63, 3.8) is 0 Å². The van der Waals surface area contributed by atoms with Gasteiger partial charge in [0.15, 0.2) is 0 Å². The highest BCUT2D eigenvalue weighted by Crippen LogP contribution is 2.45. The van der Waals surface area contributed by atoms with Crippen LogP contribution in [0.2, 0.25) is 0 Å². The molecule has 2 fully saturated rings. The molecule has 0 radical (unpaired) electrons. The molecule has 1 aliphatic carbocycles. The van der Waals surface area contributed by atoms with E-state index in [2.05, 4.69) is 39.1 Å². The van der Waals surface area contributed by atoms with Gasteiger partial charge in [0.1, 0.15) is 0 Å². The molecule has 0 spiro atoms. The van der Waals surface area contributed by atoms with E-state index in [1.54, 1.807) is 4.88 Å². The summed E-state index contributed by atoms with van der Waals surface area (Å²) < 4.78 is 1.32. The van der Waals surface area contributed by atoms with Gasteiger partial charge >= 0.3 is 0 Å².